The van der Waals surface area contributed by atoms with Crippen molar-refractivity contribution in [3.8, 4) is 11.8 Å². The molecule has 0 fully saturated rings. The largest absolute Gasteiger partial charge is 0.378 e. The SMILES string of the molecule is C[C@H](NC(=O)/C(C#N)=C\c1cccn1-c1ccc(N(C)C)cc1)c1ccccc1. The lowest BCUT2D eigenvalue weighted by Gasteiger charge is -2.15. The summed E-state index contributed by atoms with van der Waals surface area (Å²) in [4.78, 5) is 14.7. The molecule has 29 heavy (non-hydrogen) atoms. The first kappa shape index (κ1) is 20.0. The van der Waals surface area contributed by atoms with Gasteiger partial charge in [0.1, 0.15) is 11.6 Å². The van der Waals surface area contributed by atoms with Crippen LogP contribution in [-0.2, 0) is 4.79 Å². The highest BCUT2D eigenvalue weighted by Gasteiger charge is 2.14. The lowest BCUT2D eigenvalue weighted by Crippen LogP contribution is -2.27. The highest BCUT2D eigenvalue weighted by atomic mass is 16.1. The molecule has 0 aliphatic rings. The van der Waals surface area contributed by atoms with E-state index >= 15 is 0 Å². The van der Waals surface area contributed by atoms with Crippen LogP contribution in [0.4, 0.5) is 5.69 Å². The Morgan fingerprint density at radius 1 is 1.07 bits per heavy atom. The van der Waals surface area contributed by atoms with Gasteiger partial charge in [-0.25, -0.2) is 0 Å². The Bertz CT molecular complexity index is 1040. The van der Waals surface area contributed by atoms with E-state index in [-0.39, 0.29) is 17.5 Å². The third-order valence-electron chi connectivity index (χ3n) is 4.73. The lowest BCUT2D eigenvalue weighted by atomic mass is 10.1. The van der Waals surface area contributed by atoms with Gasteiger partial charge in [-0.2, -0.15) is 5.26 Å². The van der Waals surface area contributed by atoms with Crippen molar-refractivity contribution in [1.29, 1.82) is 5.26 Å². The molecule has 2 aromatic carbocycles. The lowest BCUT2D eigenvalue weighted by molar-refractivity contribution is -0.117. The van der Waals surface area contributed by atoms with Gasteiger partial charge in [0.25, 0.3) is 5.91 Å². The van der Waals surface area contributed by atoms with Gasteiger partial charge in [0.2, 0.25) is 0 Å². The molecule has 0 radical (unpaired) electrons. The minimum atomic E-state index is -0.389. The summed E-state index contributed by atoms with van der Waals surface area (Å²) < 4.78 is 1.95. The predicted molar refractivity (Wildman–Crippen MR) is 117 cm³/mol. The first-order valence-electron chi connectivity index (χ1n) is 9.42. The molecule has 1 heterocycles. The summed E-state index contributed by atoms with van der Waals surface area (Å²) >= 11 is 0. The monoisotopic (exact) mass is 384 g/mol. The molecule has 0 aliphatic heterocycles. The first-order valence-corrected chi connectivity index (χ1v) is 9.42. The second kappa shape index (κ2) is 8.94. The summed E-state index contributed by atoms with van der Waals surface area (Å²) in [5, 5.41) is 12.4. The zero-order valence-corrected chi connectivity index (χ0v) is 16.8. The molecule has 3 aromatic rings. The Morgan fingerprint density at radius 2 is 1.76 bits per heavy atom. The summed E-state index contributed by atoms with van der Waals surface area (Å²) in [6.07, 6.45) is 3.53. The van der Waals surface area contributed by atoms with Crippen LogP contribution in [0.1, 0.15) is 24.2 Å². The number of nitrogens with zero attached hydrogens (tertiary/aromatic N) is 3. The summed E-state index contributed by atoms with van der Waals surface area (Å²) in [6.45, 7) is 1.90. The van der Waals surface area contributed by atoms with Gasteiger partial charge in [0.15, 0.2) is 0 Å². The second-order valence-corrected chi connectivity index (χ2v) is 6.99. The van der Waals surface area contributed by atoms with Crippen LogP contribution in [0.3, 0.4) is 0 Å². The highest BCUT2D eigenvalue weighted by molar-refractivity contribution is 6.01. The van der Waals surface area contributed by atoms with Crippen LogP contribution in [0.15, 0.2) is 78.5 Å². The van der Waals surface area contributed by atoms with Crippen molar-refractivity contribution in [3.63, 3.8) is 0 Å². The summed E-state index contributed by atoms with van der Waals surface area (Å²) in [6, 6.07) is 23.4. The van der Waals surface area contributed by atoms with Crippen molar-refractivity contribution in [2.75, 3.05) is 19.0 Å². The van der Waals surface area contributed by atoms with Crippen LogP contribution in [0, 0.1) is 11.3 Å². The third kappa shape index (κ3) is 4.74. The van der Waals surface area contributed by atoms with E-state index in [9.17, 15) is 10.1 Å². The molecule has 1 atom stereocenters. The number of benzene rings is 2. The van der Waals surface area contributed by atoms with E-state index in [2.05, 4.69) is 5.32 Å². The topological polar surface area (TPSA) is 61.1 Å². The average molecular weight is 384 g/mol. The van der Waals surface area contributed by atoms with Gasteiger partial charge in [-0.3, -0.25) is 4.79 Å². The van der Waals surface area contributed by atoms with Gasteiger partial charge in [-0.05, 0) is 55.0 Å². The van der Waals surface area contributed by atoms with Crippen LogP contribution in [0.5, 0.6) is 0 Å². The molecule has 1 N–H and O–H groups in total. The van der Waals surface area contributed by atoms with E-state index in [1.165, 1.54) is 0 Å². The minimum Gasteiger partial charge on any atom is -0.378 e. The van der Waals surface area contributed by atoms with E-state index in [1.54, 1.807) is 6.08 Å². The molecule has 0 saturated heterocycles. The van der Waals surface area contributed by atoms with Gasteiger partial charge in [-0.1, -0.05) is 30.3 Å². The Kier molecular flexibility index (Phi) is 6.16. The summed E-state index contributed by atoms with van der Waals surface area (Å²) in [5.74, 6) is -0.389. The highest BCUT2D eigenvalue weighted by Crippen LogP contribution is 2.20. The van der Waals surface area contributed by atoms with Gasteiger partial charge >= 0.3 is 0 Å². The maximum atomic E-state index is 12.6. The molecule has 1 amide bonds. The summed E-state index contributed by atoms with van der Waals surface area (Å²) in [5.41, 5.74) is 3.88. The van der Waals surface area contributed by atoms with Gasteiger partial charge in [-0.15, -0.1) is 0 Å². The number of rotatable bonds is 6. The molecule has 0 unspecified atom stereocenters. The zero-order valence-electron chi connectivity index (χ0n) is 16.8. The number of hydrogen-bond acceptors (Lipinski definition) is 3. The van der Waals surface area contributed by atoms with E-state index in [0.717, 1.165) is 22.6 Å². The normalized spacial score (nSPS) is 12.1. The maximum Gasteiger partial charge on any atom is 0.262 e. The quantitative estimate of drug-likeness (QED) is 0.508. The number of aromatic nitrogens is 1. The molecular formula is C24H24N4O. The Hall–Kier alpha value is -3.78. The Morgan fingerprint density at radius 3 is 2.38 bits per heavy atom. The fourth-order valence-corrected chi connectivity index (χ4v) is 3.05. The van der Waals surface area contributed by atoms with Crippen LogP contribution >= 0.6 is 0 Å². The minimum absolute atomic E-state index is 0.0673. The average Bonchev–Trinajstić information content (AvgIpc) is 3.20. The van der Waals surface area contributed by atoms with Crippen molar-refractivity contribution >= 4 is 17.7 Å². The third-order valence-corrected chi connectivity index (χ3v) is 4.73. The molecule has 5 heteroatoms. The second-order valence-electron chi connectivity index (χ2n) is 6.99. The molecule has 1 aromatic heterocycles. The molecule has 5 nitrogen and oxygen atoms in total. The fourth-order valence-electron chi connectivity index (χ4n) is 3.05. The number of hydrogen-bond donors (Lipinski definition) is 1. The molecule has 0 aliphatic carbocycles. The van der Waals surface area contributed by atoms with Crippen molar-refractivity contribution in [1.82, 2.24) is 9.88 Å². The van der Waals surface area contributed by atoms with Crippen LogP contribution in [0.25, 0.3) is 11.8 Å². The molecule has 0 saturated carbocycles. The fraction of sp³-hybridized carbons (Fsp3) is 0.167. The van der Waals surface area contributed by atoms with E-state index in [4.69, 9.17) is 0 Å². The zero-order chi connectivity index (χ0) is 20.8. The number of carbonyl (C=O) groups excluding carboxylic acids is 1. The van der Waals surface area contributed by atoms with Gasteiger partial charge in [0.05, 0.1) is 6.04 Å². The number of nitrogens with one attached hydrogen (secondary N) is 1. The molecule has 0 spiro atoms. The van der Waals surface area contributed by atoms with E-state index in [0.29, 0.717) is 0 Å². The first-order chi connectivity index (χ1) is 14.0. The molecule has 3 rings (SSSR count). The van der Waals surface area contributed by atoms with Crippen molar-refractivity contribution in [2.24, 2.45) is 0 Å². The molecule has 146 valence electrons. The molecule has 0 bridgehead atoms. The summed E-state index contributed by atoms with van der Waals surface area (Å²) in [7, 11) is 3.99. The predicted octanol–water partition coefficient (Wildman–Crippen LogP) is 4.33. The van der Waals surface area contributed by atoms with E-state index in [1.807, 2.05) is 109 Å². The maximum absolute atomic E-state index is 12.6. The van der Waals surface area contributed by atoms with Crippen molar-refractivity contribution in [3.05, 3.63) is 89.8 Å². The van der Waals surface area contributed by atoms with Crippen LogP contribution in [-0.4, -0.2) is 24.6 Å². The number of carbonyl (C=O) groups is 1. The Labute approximate surface area is 171 Å². The number of nitriles is 1. The standard InChI is InChI=1S/C24H24N4O/c1-18(19-8-5-4-6-9-19)26-24(29)20(17-25)16-23-10-7-15-28(23)22-13-11-21(12-14-22)27(2)3/h4-16,18H,1-3H3,(H,26,29)/b20-16-/t18-/m0/s1. The van der Waals surface area contributed by atoms with Gasteiger partial charge in [0, 0.05) is 37.4 Å². The Balaban J connectivity index is 1.82. The van der Waals surface area contributed by atoms with Crippen LogP contribution < -0.4 is 10.2 Å². The molecular weight excluding hydrogens is 360 g/mol. The van der Waals surface area contributed by atoms with E-state index < -0.39 is 0 Å². The smallest absolute Gasteiger partial charge is 0.262 e. The van der Waals surface area contributed by atoms with Crippen molar-refractivity contribution < 1.29 is 4.79 Å². The van der Waals surface area contributed by atoms with Gasteiger partial charge < -0.3 is 14.8 Å². The number of amides is 1. The van der Waals surface area contributed by atoms with Crippen molar-refractivity contribution in [2.45, 2.75) is 13.0 Å². The van der Waals surface area contributed by atoms with Crippen LogP contribution in [0.2, 0.25) is 0 Å². The number of anilines is 1.